The van der Waals surface area contributed by atoms with E-state index in [1.54, 1.807) is 0 Å². The molecule has 1 unspecified atom stereocenters. The lowest BCUT2D eigenvalue weighted by atomic mass is 9.97. The molecule has 2 rings (SSSR count). The molecule has 1 aliphatic heterocycles. The molecule has 1 aromatic rings. The smallest absolute Gasteiger partial charge is 0.270 e. The Labute approximate surface area is 186 Å². The van der Waals surface area contributed by atoms with Crippen molar-refractivity contribution in [3.63, 3.8) is 0 Å². The van der Waals surface area contributed by atoms with Crippen LogP contribution in [0.15, 0.2) is 5.18 Å². The zero-order valence-corrected chi connectivity index (χ0v) is 19.5. The molecule has 0 saturated carbocycles. The summed E-state index contributed by atoms with van der Waals surface area (Å²) in [6.45, 7) is 11.2. The van der Waals surface area contributed by atoms with E-state index in [-0.39, 0.29) is 12.1 Å². The monoisotopic (exact) mass is 457 g/mol. The van der Waals surface area contributed by atoms with E-state index in [1.807, 2.05) is 25.7 Å². The van der Waals surface area contributed by atoms with Gasteiger partial charge in [0.05, 0.1) is 24.9 Å². The first kappa shape index (κ1) is 25.2. The Morgan fingerprint density at radius 3 is 2.52 bits per heavy atom. The Bertz CT molecular complexity index is 757. The van der Waals surface area contributed by atoms with Gasteiger partial charge in [0.1, 0.15) is 19.3 Å². The molecule has 0 radical (unpaired) electrons. The minimum atomic E-state index is -1.62. The molecule has 12 heteroatoms. The lowest BCUT2D eigenvalue weighted by molar-refractivity contribution is -0.143. The van der Waals surface area contributed by atoms with Gasteiger partial charge < -0.3 is 24.4 Å². The summed E-state index contributed by atoms with van der Waals surface area (Å²) >= 11 is 1.05. The van der Waals surface area contributed by atoms with E-state index < -0.39 is 29.8 Å². The summed E-state index contributed by atoms with van der Waals surface area (Å²) in [7, 11) is 0. The quantitative estimate of drug-likeness (QED) is 0.361. The van der Waals surface area contributed by atoms with Crippen molar-refractivity contribution >= 4 is 29.1 Å². The molecule has 0 aliphatic carbocycles. The average Bonchev–Trinajstić information content (AvgIpc) is 3.21. The lowest BCUT2D eigenvalue weighted by Gasteiger charge is -2.27. The van der Waals surface area contributed by atoms with Crippen LogP contribution < -0.4 is 15.0 Å². The number of nitrogens with zero attached hydrogens (tertiary/aromatic N) is 4. The van der Waals surface area contributed by atoms with Crippen molar-refractivity contribution in [2.24, 2.45) is 5.18 Å². The molecule has 11 nitrogen and oxygen atoms in total. The summed E-state index contributed by atoms with van der Waals surface area (Å²) in [6, 6.07) is 0. The van der Waals surface area contributed by atoms with Gasteiger partial charge in [0.2, 0.25) is 17.4 Å². The van der Waals surface area contributed by atoms with Crippen LogP contribution in [0, 0.1) is 4.91 Å². The van der Waals surface area contributed by atoms with Crippen LogP contribution in [0.25, 0.3) is 0 Å². The third-order valence-corrected chi connectivity index (χ3v) is 5.01. The van der Waals surface area contributed by atoms with E-state index in [4.69, 9.17) is 14.2 Å². The molecule has 1 aromatic heterocycles. The molecule has 0 spiro atoms. The number of rotatable bonds is 12. The molecule has 1 N–H and O–H groups in total. The maximum Gasteiger partial charge on any atom is 0.270 e. The second-order valence-electron chi connectivity index (χ2n) is 8.77. The van der Waals surface area contributed by atoms with Gasteiger partial charge >= 0.3 is 0 Å². The fourth-order valence-electron chi connectivity index (χ4n) is 2.63. The molecule has 1 fully saturated rings. The molecular formula is C19H31N5O6S. The highest BCUT2D eigenvalue weighted by Crippen LogP contribution is 2.26. The van der Waals surface area contributed by atoms with Crippen LogP contribution in [0.4, 0.5) is 5.82 Å². The Kier molecular flexibility index (Phi) is 8.98. The van der Waals surface area contributed by atoms with Crippen LogP contribution in [0.3, 0.4) is 0 Å². The molecule has 2 heterocycles. The van der Waals surface area contributed by atoms with Gasteiger partial charge in [-0.3, -0.25) is 9.59 Å². The number of anilines is 1. The summed E-state index contributed by atoms with van der Waals surface area (Å²) in [4.78, 5) is 37.1. The van der Waals surface area contributed by atoms with E-state index in [2.05, 4.69) is 19.2 Å². The van der Waals surface area contributed by atoms with Crippen molar-refractivity contribution in [1.29, 1.82) is 0 Å². The normalized spacial score (nSPS) is 16.1. The van der Waals surface area contributed by atoms with Crippen LogP contribution in [0.1, 0.15) is 34.6 Å². The van der Waals surface area contributed by atoms with Crippen molar-refractivity contribution in [3.05, 3.63) is 4.91 Å². The van der Waals surface area contributed by atoms with E-state index in [9.17, 15) is 14.5 Å². The van der Waals surface area contributed by atoms with Gasteiger partial charge in [-0.25, -0.2) is 0 Å². The number of aromatic nitrogens is 2. The van der Waals surface area contributed by atoms with Gasteiger partial charge in [-0.1, -0.05) is 5.18 Å². The molecular weight excluding hydrogens is 426 g/mol. The minimum Gasteiger partial charge on any atom is -0.472 e. The number of nitroso groups, excluding NO2 is 1. The Hall–Kier alpha value is -2.02. The number of carbonyl (C=O) groups excluding carboxylic acids is 2. The van der Waals surface area contributed by atoms with Crippen molar-refractivity contribution in [2.75, 3.05) is 51.0 Å². The number of morpholine rings is 1. The number of nitrogens with one attached hydrogen (secondary N) is 1. The van der Waals surface area contributed by atoms with Crippen LogP contribution in [0.5, 0.6) is 5.88 Å². The predicted molar refractivity (Wildman–Crippen MR) is 116 cm³/mol. The van der Waals surface area contributed by atoms with Gasteiger partial charge in [0.15, 0.2) is 5.54 Å². The third-order valence-electron chi connectivity index (χ3n) is 4.51. The van der Waals surface area contributed by atoms with Gasteiger partial charge in [-0.2, -0.15) is 4.37 Å². The Morgan fingerprint density at radius 2 is 1.90 bits per heavy atom. The summed E-state index contributed by atoms with van der Waals surface area (Å²) < 4.78 is 25.4. The van der Waals surface area contributed by atoms with Crippen molar-refractivity contribution in [1.82, 2.24) is 14.1 Å². The molecule has 1 saturated heterocycles. The van der Waals surface area contributed by atoms with Gasteiger partial charge in [-0.15, -0.1) is 9.28 Å². The van der Waals surface area contributed by atoms with Crippen molar-refractivity contribution < 1.29 is 23.8 Å². The lowest BCUT2D eigenvalue weighted by Crippen LogP contribution is -2.45. The van der Waals surface area contributed by atoms with Crippen LogP contribution >= 0.6 is 11.7 Å². The third kappa shape index (κ3) is 7.87. The minimum absolute atomic E-state index is 0.0998. The van der Waals surface area contributed by atoms with Crippen LogP contribution in [-0.2, 0) is 19.1 Å². The molecule has 1 atom stereocenters. The molecule has 174 valence electrons. The standard InChI is InChI=1S/C19H31N5O6S/c1-18(2,3)20-10-13(29-12-14(25)15(26)19(4,5)23-27)11-30-17-16(21-31-22-17)24-6-8-28-9-7-24/h13,20H,6-12H2,1-5H3. The average molecular weight is 458 g/mol. The summed E-state index contributed by atoms with van der Waals surface area (Å²) in [5.74, 6) is -0.648. The van der Waals surface area contributed by atoms with Crippen LogP contribution in [-0.4, -0.2) is 83.6 Å². The predicted octanol–water partition coefficient (Wildman–Crippen LogP) is 1.21. The number of hydrogen-bond donors (Lipinski definition) is 1. The summed E-state index contributed by atoms with van der Waals surface area (Å²) in [6.07, 6.45) is -0.539. The van der Waals surface area contributed by atoms with E-state index in [0.29, 0.717) is 44.5 Å². The maximum atomic E-state index is 12.2. The highest BCUT2D eigenvalue weighted by molar-refractivity contribution is 6.99. The molecule has 0 aromatic carbocycles. The van der Waals surface area contributed by atoms with E-state index >= 15 is 0 Å². The number of ketones is 2. The molecule has 31 heavy (non-hydrogen) atoms. The fraction of sp³-hybridized carbons (Fsp3) is 0.789. The number of hydrogen-bond acceptors (Lipinski definition) is 12. The van der Waals surface area contributed by atoms with E-state index in [0.717, 1.165) is 11.7 Å². The first-order valence-corrected chi connectivity index (χ1v) is 10.8. The first-order valence-electron chi connectivity index (χ1n) is 10.1. The van der Waals surface area contributed by atoms with Crippen molar-refractivity contribution in [3.8, 4) is 5.88 Å². The molecule has 0 bridgehead atoms. The Balaban J connectivity index is 1.99. The molecule has 0 amide bonds. The summed E-state index contributed by atoms with van der Waals surface area (Å²) in [5, 5.41) is 6.02. The number of ether oxygens (including phenoxy) is 3. The van der Waals surface area contributed by atoms with E-state index in [1.165, 1.54) is 13.8 Å². The van der Waals surface area contributed by atoms with Crippen molar-refractivity contribution in [2.45, 2.75) is 51.8 Å². The fourth-order valence-corrected chi connectivity index (χ4v) is 3.15. The SMILES string of the molecule is CC(C)(C)NCC(COc1nsnc1N1CCOCC1)OCC(=O)C(=O)C(C)(C)N=O. The largest absolute Gasteiger partial charge is 0.472 e. The zero-order valence-electron chi connectivity index (χ0n) is 18.7. The van der Waals surface area contributed by atoms with Gasteiger partial charge in [0, 0.05) is 25.2 Å². The molecule has 1 aliphatic rings. The second-order valence-corrected chi connectivity index (χ2v) is 9.30. The topological polar surface area (TPSA) is 132 Å². The second kappa shape index (κ2) is 11.0. The maximum absolute atomic E-state index is 12.2. The highest BCUT2D eigenvalue weighted by Gasteiger charge is 2.34. The Morgan fingerprint density at radius 1 is 1.23 bits per heavy atom. The highest BCUT2D eigenvalue weighted by atomic mass is 32.1. The first-order chi connectivity index (χ1) is 14.5. The van der Waals surface area contributed by atoms with Gasteiger partial charge in [-0.05, 0) is 34.6 Å². The number of Topliss-reactive ketones (excluding diaryl/α,β-unsaturated/α-hetero) is 2. The number of carbonyl (C=O) groups is 2. The zero-order chi connectivity index (χ0) is 23.1. The summed E-state index contributed by atoms with van der Waals surface area (Å²) in [5.41, 5.74) is -1.80. The van der Waals surface area contributed by atoms with Gasteiger partial charge in [0.25, 0.3) is 5.88 Å². The van der Waals surface area contributed by atoms with Crippen LogP contribution in [0.2, 0.25) is 0 Å².